The highest BCUT2D eigenvalue weighted by atomic mass is 35.5. The lowest BCUT2D eigenvalue weighted by Gasteiger charge is -2.20. The first-order chi connectivity index (χ1) is 10.2. The molecule has 1 amide bonds. The molecule has 1 aliphatic rings. The van der Waals surface area contributed by atoms with Crippen molar-refractivity contribution >= 4 is 17.5 Å². The molecule has 0 aliphatic carbocycles. The van der Waals surface area contributed by atoms with Gasteiger partial charge in [0.1, 0.15) is 0 Å². The van der Waals surface area contributed by atoms with Gasteiger partial charge in [-0.2, -0.15) is 0 Å². The Morgan fingerprint density at radius 2 is 2.29 bits per heavy atom. The van der Waals surface area contributed by atoms with E-state index in [2.05, 4.69) is 10.3 Å². The van der Waals surface area contributed by atoms with Crippen LogP contribution in [0.5, 0.6) is 0 Å². The number of benzene rings is 1. The van der Waals surface area contributed by atoms with Crippen molar-refractivity contribution in [2.24, 2.45) is 0 Å². The van der Waals surface area contributed by atoms with E-state index >= 15 is 0 Å². The minimum atomic E-state index is -0.0765. The van der Waals surface area contributed by atoms with E-state index in [1.54, 1.807) is 18.3 Å². The fraction of sp³-hybridized carbons (Fsp3) is 0.333. The SMILES string of the molecule is CN(Cc1ccccc1Cl)C(=O)c1ncn2c1CNCC2. The predicted molar refractivity (Wildman–Crippen MR) is 81.2 cm³/mol. The number of nitrogens with one attached hydrogen (secondary N) is 1. The summed E-state index contributed by atoms with van der Waals surface area (Å²) >= 11 is 6.15. The zero-order valence-corrected chi connectivity index (χ0v) is 12.6. The fourth-order valence-corrected chi connectivity index (χ4v) is 2.70. The van der Waals surface area contributed by atoms with Gasteiger partial charge in [-0.3, -0.25) is 4.79 Å². The number of rotatable bonds is 3. The summed E-state index contributed by atoms with van der Waals surface area (Å²) in [7, 11) is 1.77. The molecule has 1 aromatic heterocycles. The van der Waals surface area contributed by atoms with Crippen LogP contribution in [0, 0.1) is 0 Å². The van der Waals surface area contributed by atoms with Crippen LogP contribution >= 0.6 is 11.6 Å². The molecule has 0 atom stereocenters. The lowest BCUT2D eigenvalue weighted by Crippen LogP contribution is -2.32. The number of aromatic nitrogens is 2. The summed E-state index contributed by atoms with van der Waals surface area (Å²) in [5, 5.41) is 3.94. The van der Waals surface area contributed by atoms with Gasteiger partial charge in [-0.25, -0.2) is 4.98 Å². The Morgan fingerprint density at radius 3 is 3.10 bits per heavy atom. The first kappa shape index (κ1) is 14.1. The second kappa shape index (κ2) is 5.87. The van der Waals surface area contributed by atoms with Crippen molar-refractivity contribution in [2.75, 3.05) is 13.6 Å². The number of nitrogens with zero attached hydrogens (tertiary/aromatic N) is 3. The summed E-state index contributed by atoms with van der Waals surface area (Å²) in [6, 6.07) is 7.56. The topological polar surface area (TPSA) is 50.2 Å². The molecule has 0 saturated carbocycles. The highest BCUT2D eigenvalue weighted by Gasteiger charge is 2.22. The van der Waals surface area contributed by atoms with Gasteiger partial charge in [-0.15, -0.1) is 0 Å². The Hall–Kier alpha value is -1.85. The Morgan fingerprint density at radius 1 is 1.48 bits per heavy atom. The van der Waals surface area contributed by atoms with Gasteiger partial charge in [-0.1, -0.05) is 29.8 Å². The molecule has 0 unspecified atom stereocenters. The average molecular weight is 305 g/mol. The van der Waals surface area contributed by atoms with E-state index < -0.39 is 0 Å². The van der Waals surface area contributed by atoms with Crippen LogP contribution in [-0.2, 0) is 19.6 Å². The smallest absolute Gasteiger partial charge is 0.274 e. The van der Waals surface area contributed by atoms with Gasteiger partial charge in [0.2, 0.25) is 0 Å². The molecule has 1 N–H and O–H groups in total. The molecule has 3 rings (SSSR count). The molecular weight excluding hydrogens is 288 g/mol. The molecule has 0 spiro atoms. The van der Waals surface area contributed by atoms with Crippen LogP contribution < -0.4 is 5.32 Å². The zero-order valence-electron chi connectivity index (χ0n) is 11.8. The number of amides is 1. The van der Waals surface area contributed by atoms with Crippen LogP contribution in [0.3, 0.4) is 0 Å². The predicted octanol–water partition coefficient (Wildman–Crippen LogP) is 1.91. The molecular formula is C15H17ClN4O. The van der Waals surface area contributed by atoms with Crippen molar-refractivity contribution in [3.63, 3.8) is 0 Å². The van der Waals surface area contributed by atoms with Gasteiger partial charge in [0.15, 0.2) is 5.69 Å². The Bertz CT molecular complexity index is 667. The summed E-state index contributed by atoms with van der Waals surface area (Å²) in [5.41, 5.74) is 2.41. The van der Waals surface area contributed by atoms with Gasteiger partial charge >= 0.3 is 0 Å². The molecule has 0 saturated heterocycles. The van der Waals surface area contributed by atoms with E-state index in [-0.39, 0.29) is 5.91 Å². The van der Waals surface area contributed by atoms with E-state index in [4.69, 9.17) is 11.6 Å². The third-order valence-corrected chi connectivity index (χ3v) is 4.05. The highest BCUT2D eigenvalue weighted by Crippen LogP contribution is 2.18. The Labute approximate surface area is 128 Å². The highest BCUT2D eigenvalue weighted by molar-refractivity contribution is 6.31. The summed E-state index contributed by atoms with van der Waals surface area (Å²) in [6.45, 7) is 2.91. The van der Waals surface area contributed by atoms with Crippen LogP contribution in [0.15, 0.2) is 30.6 Å². The van der Waals surface area contributed by atoms with Gasteiger partial charge in [0.05, 0.1) is 12.0 Å². The van der Waals surface area contributed by atoms with Crippen LogP contribution in [0.1, 0.15) is 21.7 Å². The minimum absolute atomic E-state index is 0.0765. The van der Waals surface area contributed by atoms with Gasteiger partial charge in [-0.05, 0) is 11.6 Å². The van der Waals surface area contributed by atoms with E-state index in [0.717, 1.165) is 24.3 Å². The van der Waals surface area contributed by atoms with E-state index in [9.17, 15) is 4.79 Å². The van der Waals surface area contributed by atoms with Crippen molar-refractivity contribution in [1.29, 1.82) is 0 Å². The molecule has 110 valence electrons. The molecule has 2 heterocycles. The maximum Gasteiger partial charge on any atom is 0.274 e. The van der Waals surface area contributed by atoms with Gasteiger partial charge in [0, 0.05) is 38.2 Å². The van der Waals surface area contributed by atoms with Crippen molar-refractivity contribution in [1.82, 2.24) is 19.8 Å². The summed E-state index contributed by atoms with van der Waals surface area (Å²) in [5.74, 6) is -0.0765. The lowest BCUT2D eigenvalue weighted by molar-refractivity contribution is 0.0778. The molecule has 0 radical (unpaired) electrons. The van der Waals surface area contributed by atoms with E-state index in [1.165, 1.54) is 0 Å². The number of hydrogen-bond donors (Lipinski definition) is 1. The molecule has 0 bridgehead atoms. The second-order valence-corrected chi connectivity index (χ2v) is 5.57. The molecule has 21 heavy (non-hydrogen) atoms. The number of hydrogen-bond acceptors (Lipinski definition) is 3. The minimum Gasteiger partial charge on any atom is -0.336 e. The summed E-state index contributed by atoms with van der Waals surface area (Å²) in [4.78, 5) is 18.5. The second-order valence-electron chi connectivity index (χ2n) is 5.16. The third kappa shape index (κ3) is 2.80. The van der Waals surface area contributed by atoms with Crippen LogP contribution in [0.25, 0.3) is 0 Å². The third-order valence-electron chi connectivity index (χ3n) is 3.68. The van der Waals surface area contributed by atoms with Crippen molar-refractivity contribution in [3.8, 4) is 0 Å². The van der Waals surface area contributed by atoms with Crippen molar-refractivity contribution in [2.45, 2.75) is 19.6 Å². The van der Waals surface area contributed by atoms with Crippen LogP contribution in [0.2, 0.25) is 5.02 Å². The van der Waals surface area contributed by atoms with Crippen LogP contribution in [0.4, 0.5) is 0 Å². The first-order valence-corrected chi connectivity index (χ1v) is 7.28. The fourth-order valence-electron chi connectivity index (χ4n) is 2.51. The number of fused-ring (bicyclic) bond motifs is 1. The molecule has 1 aromatic carbocycles. The van der Waals surface area contributed by atoms with Crippen LogP contribution in [-0.4, -0.2) is 34.0 Å². The quantitative estimate of drug-likeness (QED) is 0.942. The van der Waals surface area contributed by atoms with Gasteiger partial charge in [0.25, 0.3) is 5.91 Å². The summed E-state index contributed by atoms with van der Waals surface area (Å²) < 4.78 is 2.03. The lowest BCUT2D eigenvalue weighted by atomic mass is 10.2. The Balaban J connectivity index is 1.79. The van der Waals surface area contributed by atoms with Gasteiger partial charge < -0.3 is 14.8 Å². The first-order valence-electron chi connectivity index (χ1n) is 6.90. The molecule has 5 nitrogen and oxygen atoms in total. The molecule has 1 aliphatic heterocycles. The largest absolute Gasteiger partial charge is 0.336 e. The molecule has 6 heteroatoms. The van der Waals surface area contributed by atoms with Crippen molar-refractivity contribution in [3.05, 3.63) is 52.6 Å². The monoisotopic (exact) mass is 304 g/mol. The average Bonchev–Trinajstić information content (AvgIpc) is 2.92. The Kier molecular flexibility index (Phi) is 3.94. The molecule has 2 aromatic rings. The van der Waals surface area contributed by atoms with Crippen molar-refractivity contribution < 1.29 is 4.79 Å². The number of carbonyl (C=O) groups excluding carboxylic acids is 1. The van der Waals surface area contributed by atoms with E-state index in [0.29, 0.717) is 23.8 Å². The maximum atomic E-state index is 12.6. The zero-order chi connectivity index (χ0) is 14.8. The number of imidazole rings is 1. The normalized spacial score (nSPS) is 13.8. The number of halogens is 1. The maximum absolute atomic E-state index is 12.6. The standard InChI is InChI=1S/C15H17ClN4O/c1-19(9-11-4-2-3-5-12(11)16)15(21)14-13-8-17-6-7-20(13)10-18-14/h2-5,10,17H,6-9H2,1H3. The summed E-state index contributed by atoms with van der Waals surface area (Å²) in [6.07, 6.45) is 1.74. The molecule has 0 fully saturated rings. The number of carbonyl (C=O) groups is 1. The van der Waals surface area contributed by atoms with E-state index in [1.807, 2.05) is 28.8 Å².